The average Bonchev–Trinajstić information content (AvgIpc) is 3.17. The van der Waals surface area contributed by atoms with Gasteiger partial charge in [-0.1, -0.05) is 0 Å². The van der Waals surface area contributed by atoms with Crippen LogP contribution in [-0.2, 0) is 0 Å². The number of hydrogen-bond donors (Lipinski definition) is 3. The lowest BCUT2D eigenvalue weighted by Gasteiger charge is -2.09. The Bertz CT molecular complexity index is 618. The summed E-state index contributed by atoms with van der Waals surface area (Å²) in [6.07, 6.45) is 5.68. The summed E-state index contributed by atoms with van der Waals surface area (Å²) in [6.45, 7) is 1.65. The van der Waals surface area contributed by atoms with E-state index in [1.807, 2.05) is 0 Å². The molecule has 1 fully saturated rings. The molecular weight excluding hydrogens is 244 g/mol. The maximum absolute atomic E-state index is 12.1. The molecule has 100 valence electrons. The van der Waals surface area contributed by atoms with Crippen molar-refractivity contribution in [1.82, 2.24) is 20.3 Å². The van der Waals surface area contributed by atoms with Gasteiger partial charge in [-0.05, 0) is 19.8 Å². The van der Waals surface area contributed by atoms with Gasteiger partial charge >= 0.3 is 0 Å². The van der Waals surface area contributed by atoms with E-state index in [9.17, 15) is 4.79 Å². The third kappa shape index (κ3) is 2.31. The van der Waals surface area contributed by atoms with Gasteiger partial charge in [-0.25, -0.2) is 9.97 Å². The molecule has 3 rings (SSSR count). The summed E-state index contributed by atoms with van der Waals surface area (Å²) in [7, 11) is 0. The van der Waals surface area contributed by atoms with Crippen molar-refractivity contribution in [3.8, 4) is 0 Å². The summed E-state index contributed by atoms with van der Waals surface area (Å²) < 4.78 is 0. The highest BCUT2D eigenvalue weighted by atomic mass is 16.3. The van der Waals surface area contributed by atoms with Crippen LogP contribution in [-0.4, -0.2) is 38.6 Å². The lowest BCUT2D eigenvalue weighted by molar-refractivity contribution is 0.0924. The summed E-state index contributed by atoms with van der Waals surface area (Å²) in [5.41, 5.74) is 2.65. The zero-order valence-corrected chi connectivity index (χ0v) is 10.7. The van der Waals surface area contributed by atoms with Crippen LogP contribution >= 0.6 is 0 Å². The first kappa shape index (κ1) is 12.1. The fraction of sp³-hybridized carbons (Fsp3) is 0.462. The molecule has 2 aromatic heterocycles. The molecule has 1 aliphatic rings. The van der Waals surface area contributed by atoms with Gasteiger partial charge in [-0.15, -0.1) is 0 Å². The van der Waals surface area contributed by atoms with Crippen LogP contribution in [0.5, 0.6) is 0 Å². The predicted molar refractivity (Wildman–Crippen MR) is 69.9 cm³/mol. The summed E-state index contributed by atoms with van der Waals surface area (Å²) in [4.78, 5) is 23.9. The van der Waals surface area contributed by atoms with Gasteiger partial charge in [-0.3, -0.25) is 4.79 Å². The van der Waals surface area contributed by atoms with E-state index >= 15 is 0 Å². The molecule has 1 atom stereocenters. The van der Waals surface area contributed by atoms with Gasteiger partial charge in [0.15, 0.2) is 5.65 Å². The average molecular weight is 260 g/mol. The summed E-state index contributed by atoms with van der Waals surface area (Å²) in [5.74, 6) is 0.258. The fourth-order valence-electron chi connectivity index (χ4n) is 2.00. The van der Waals surface area contributed by atoms with E-state index in [2.05, 4.69) is 20.3 Å². The van der Waals surface area contributed by atoms with Crippen LogP contribution in [0.3, 0.4) is 0 Å². The van der Waals surface area contributed by atoms with Crippen LogP contribution in [0.25, 0.3) is 11.2 Å². The molecule has 2 heterocycles. The Morgan fingerprint density at radius 2 is 2.42 bits per heavy atom. The van der Waals surface area contributed by atoms with E-state index in [1.165, 1.54) is 0 Å². The van der Waals surface area contributed by atoms with Crippen molar-refractivity contribution in [2.45, 2.75) is 31.7 Å². The number of rotatable bonds is 4. The summed E-state index contributed by atoms with van der Waals surface area (Å²) in [6, 6.07) is -0.281. The highest BCUT2D eigenvalue weighted by molar-refractivity contribution is 6.04. The van der Waals surface area contributed by atoms with Gasteiger partial charge < -0.3 is 15.4 Å². The van der Waals surface area contributed by atoms with Gasteiger partial charge in [0, 0.05) is 18.2 Å². The normalized spacial score (nSPS) is 16.5. The smallest absolute Gasteiger partial charge is 0.255 e. The number of amides is 1. The van der Waals surface area contributed by atoms with Crippen molar-refractivity contribution >= 4 is 17.1 Å². The van der Waals surface area contributed by atoms with Crippen molar-refractivity contribution in [2.75, 3.05) is 6.61 Å². The van der Waals surface area contributed by atoms with E-state index in [4.69, 9.17) is 5.11 Å². The van der Waals surface area contributed by atoms with Crippen molar-refractivity contribution < 1.29 is 9.90 Å². The first-order valence-corrected chi connectivity index (χ1v) is 6.44. The quantitative estimate of drug-likeness (QED) is 0.763. The highest BCUT2D eigenvalue weighted by Crippen LogP contribution is 2.39. The maximum atomic E-state index is 12.1. The first-order valence-electron chi connectivity index (χ1n) is 6.44. The minimum Gasteiger partial charge on any atom is -0.394 e. The Morgan fingerprint density at radius 1 is 1.63 bits per heavy atom. The Kier molecular flexibility index (Phi) is 2.94. The Balaban J connectivity index is 1.94. The van der Waals surface area contributed by atoms with Crippen LogP contribution < -0.4 is 5.32 Å². The second kappa shape index (κ2) is 4.62. The molecule has 6 nitrogen and oxygen atoms in total. The van der Waals surface area contributed by atoms with Crippen molar-refractivity contribution in [3.05, 3.63) is 23.7 Å². The zero-order chi connectivity index (χ0) is 13.4. The zero-order valence-electron chi connectivity index (χ0n) is 10.7. The number of nitrogens with one attached hydrogen (secondary N) is 2. The number of nitrogens with zero attached hydrogens (tertiary/aromatic N) is 2. The summed E-state index contributed by atoms with van der Waals surface area (Å²) >= 11 is 0. The largest absolute Gasteiger partial charge is 0.394 e. The SMILES string of the molecule is CC(CO)NC(=O)c1c[nH]c2ncc(C3CC3)nc12. The van der Waals surface area contributed by atoms with Crippen LogP contribution in [0.15, 0.2) is 12.4 Å². The maximum Gasteiger partial charge on any atom is 0.255 e. The molecule has 1 aliphatic carbocycles. The van der Waals surface area contributed by atoms with Crippen LogP contribution in [0.4, 0.5) is 0 Å². The molecule has 0 aliphatic heterocycles. The van der Waals surface area contributed by atoms with Gasteiger partial charge in [0.05, 0.1) is 24.1 Å². The van der Waals surface area contributed by atoms with Gasteiger partial charge in [0.2, 0.25) is 0 Å². The van der Waals surface area contributed by atoms with Gasteiger partial charge in [0.1, 0.15) is 5.52 Å². The highest BCUT2D eigenvalue weighted by Gasteiger charge is 2.26. The number of carbonyl (C=O) groups is 1. The lowest BCUT2D eigenvalue weighted by atomic mass is 10.2. The molecule has 1 amide bonds. The number of aromatic amines is 1. The van der Waals surface area contributed by atoms with Crippen LogP contribution in [0, 0.1) is 0 Å². The predicted octanol–water partition coefficient (Wildman–Crippen LogP) is 0.946. The topological polar surface area (TPSA) is 90.9 Å². The Hall–Kier alpha value is -1.95. The number of aliphatic hydroxyl groups excluding tert-OH is 1. The van der Waals surface area contributed by atoms with E-state index in [-0.39, 0.29) is 18.6 Å². The fourth-order valence-corrected chi connectivity index (χ4v) is 2.00. The van der Waals surface area contributed by atoms with Crippen LogP contribution in [0.2, 0.25) is 0 Å². The molecule has 2 aromatic rings. The molecular formula is C13H16N4O2. The minimum atomic E-state index is -0.281. The molecule has 1 saturated carbocycles. The first-order chi connectivity index (χ1) is 9.19. The third-order valence-electron chi connectivity index (χ3n) is 3.29. The molecule has 19 heavy (non-hydrogen) atoms. The number of H-pyrrole nitrogens is 1. The number of carbonyl (C=O) groups excluding carboxylic acids is 1. The Labute approximate surface area is 110 Å². The third-order valence-corrected chi connectivity index (χ3v) is 3.29. The minimum absolute atomic E-state index is 0.0902. The second-order valence-corrected chi connectivity index (χ2v) is 5.03. The molecule has 0 bridgehead atoms. The van der Waals surface area contributed by atoms with E-state index in [0.29, 0.717) is 22.6 Å². The van der Waals surface area contributed by atoms with Crippen LogP contribution in [0.1, 0.15) is 41.7 Å². The molecule has 0 spiro atoms. The standard InChI is InChI=1S/C13H16N4O2/c1-7(6-18)16-13(19)9-4-14-12-11(9)17-10(5-15-12)8-2-3-8/h4-5,7-8,18H,2-3,6H2,1H3,(H,14,15)(H,16,19). The van der Waals surface area contributed by atoms with Gasteiger partial charge in [0.25, 0.3) is 5.91 Å². The number of aromatic nitrogens is 3. The molecule has 6 heteroatoms. The number of aliphatic hydroxyl groups is 1. The molecule has 0 radical (unpaired) electrons. The van der Waals surface area contributed by atoms with Gasteiger partial charge in [-0.2, -0.15) is 0 Å². The molecule has 0 aromatic carbocycles. The summed E-state index contributed by atoms with van der Waals surface area (Å²) in [5, 5.41) is 11.7. The van der Waals surface area contributed by atoms with Crippen molar-refractivity contribution in [1.29, 1.82) is 0 Å². The van der Waals surface area contributed by atoms with Crippen molar-refractivity contribution in [2.24, 2.45) is 0 Å². The number of fused-ring (bicyclic) bond motifs is 1. The van der Waals surface area contributed by atoms with Crippen molar-refractivity contribution in [3.63, 3.8) is 0 Å². The molecule has 1 unspecified atom stereocenters. The molecule has 0 saturated heterocycles. The number of hydrogen-bond acceptors (Lipinski definition) is 4. The molecule has 3 N–H and O–H groups in total. The Morgan fingerprint density at radius 3 is 3.11 bits per heavy atom. The monoisotopic (exact) mass is 260 g/mol. The van der Waals surface area contributed by atoms with E-state index < -0.39 is 0 Å². The van der Waals surface area contributed by atoms with E-state index in [1.54, 1.807) is 19.3 Å². The second-order valence-electron chi connectivity index (χ2n) is 5.03. The lowest BCUT2D eigenvalue weighted by Crippen LogP contribution is -2.34. The van der Waals surface area contributed by atoms with E-state index in [0.717, 1.165) is 18.5 Å².